The zero-order valence-corrected chi connectivity index (χ0v) is 10.4. The number of amides is 1. The molecule has 0 aliphatic rings. The van der Waals surface area contributed by atoms with E-state index in [2.05, 4.69) is 31.1 Å². The molecule has 0 bridgehead atoms. The van der Waals surface area contributed by atoms with Gasteiger partial charge < -0.3 is 5.73 Å². The van der Waals surface area contributed by atoms with Gasteiger partial charge in [-0.15, -0.1) is 5.54 Å². The van der Waals surface area contributed by atoms with Crippen LogP contribution in [0.4, 0.5) is 0 Å². The molecule has 4 heteroatoms. The van der Waals surface area contributed by atoms with Gasteiger partial charge in [0, 0.05) is 16.3 Å². The topological polar surface area (TPSA) is 43.1 Å². The van der Waals surface area contributed by atoms with Crippen LogP contribution in [-0.2, 0) is 0 Å². The summed E-state index contributed by atoms with van der Waals surface area (Å²) in [6.07, 6.45) is 0. The van der Waals surface area contributed by atoms with Gasteiger partial charge in [0.05, 0.1) is 5.56 Å². The van der Waals surface area contributed by atoms with Crippen LogP contribution in [0, 0.1) is 11.5 Å². The first-order valence-electron chi connectivity index (χ1n) is 4.29. The van der Waals surface area contributed by atoms with Crippen LogP contribution in [0.2, 0.25) is 19.6 Å². The fourth-order valence-electron chi connectivity index (χ4n) is 0.840. The zero-order valence-electron chi connectivity index (χ0n) is 8.55. The van der Waals surface area contributed by atoms with Crippen molar-refractivity contribution in [2.75, 3.05) is 0 Å². The van der Waals surface area contributed by atoms with Gasteiger partial charge in [0.15, 0.2) is 0 Å². The summed E-state index contributed by atoms with van der Waals surface area (Å²) in [5.41, 5.74) is 9.73. The maximum absolute atomic E-state index is 11.0. The average Bonchev–Trinajstić information content (AvgIpc) is 2.46. The number of thiophene rings is 1. The van der Waals surface area contributed by atoms with Gasteiger partial charge in [-0.25, -0.2) is 0 Å². The van der Waals surface area contributed by atoms with Crippen LogP contribution >= 0.6 is 11.3 Å². The molecule has 1 amide bonds. The Kier molecular flexibility index (Phi) is 3.14. The number of nitrogens with two attached hydrogens (primary N) is 1. The molecule has 0 aliphatic carbocycles. The van der Waals surface area contributed by atoms with Crippen LogP contribution in [-0.4, -0.2) is 14.0 Å². The Labute approximate surface area is 89.1 Å². The molecular weight excluding hydrogens is 210 g/mol. The van der Waals surface area contributed by atoms with Crippen molar-refractivity contribution in [3.8, 4) is 11.5 Å². The number of carbonyl (C=O) groups excluding carboxylic acids is 1. The SMILES string of the molecule is C[Si](C)(C)C#Cc1cscc1C(N)=O. The van der Waals surface area contributed by atoms with Gasteiger partial charge in [-0.05, 0) is 0 Å². The lowest BCUT2D eigenvalue weighted by Crippen LogP contribution is -2.16. The normalized spacial score (nSPS) is 10.5. The molecule has 0 saturated carbocycles. The third-order valence-electron chi connectivity index (χ3n) is 1.50. The lowest BCUT2D eigenvalue weighted by atomic mass is 10.2. The number of carbonyl (C=O) groups is 1. The Morgan fingerprint density at radius 1 is 1.43 bits per heavy atom. The molecule has 1 heterocycles. The number of hydrogen-bond acceptors (Lipinski definition) is 2. The number of rotatable bonds is 1. The molecule has 1 aromatic rings. The molecule has 2 nitrogen and oxygen atoms in total. The molecule has 0 aliphatic heterocycles. The molecule has 0 radical (unpaired) electrons. The van der Waals surface area contributed by atoms with Crippen LogP contribution < -0.4 is 5.73 Å². The molecule has 0 spiro atoms. The molecule has 1 rings (SSSR count). The first-order valence-corrected chi connectivity index (χ1v) is 8.73. The Balaban J connectivity index is 3.02. The standard InChI is InChI=1S/C10H13NOSSi/c1-14(2,3)5-4-8-6-13-7-9(8)10(11)12/h6-7H,1-3H3,(H2,11,12). The highest BCUT2D eigenvalue weighted by atomic mass is 32.1. The first kappa shape index (κ1) is 11.0. The maximum Gasteiger partial charge on any atom is 0.250 e. The third-order valence-corrected chi connectivity index (χ3v) is 3.12. The highest BCUT2D eigenvalue weighted by molar-refractivity contribution is 7.08. The minimum Gasteiger partial charge on any atom is -0.366 e. The highest BCUT2D eigenvalue weighted by Crippen LogP contribution is 2.13. The summed E-state index contributed by atoms with van der Waals surface area (Å²) >= 11 is 1.46. The Bertz CT molecular complexity index is 406. The third kappa shape index (κ3) is 3.02. The monoisotopic (exact) mass is 223 g/mol. The second-order valence-corrected chi connectivity index (χ2v) is 9.56. The molecule has 0 fully saturated rings. The zero-order chi connectivity index (χ0) is 10.8. The fourth-order valence-corrected chi connectivity index (χ4v) is 2.12. The minimum atomic E-state index is -1.38. The van der Waals surface area contributed by atoms with E-state index in [9.17, 15) is 4.79 Å². The van der Waals surface area contributed by atoms with Gasteiger partial charge in [-0.1, -0.05) is 25.6 Å². The van der Waals surface area contributed by atoms with E-state index in [1.807, 2.05) is 5.38 Å². The predicted molar refractivity (Wildman–Crippen MR) is 63.1 cm³/mol. The Hall–Kier alpha value is -1.05. The summed E-state index contributed by atoms with van der Waals surface area (Å²) in [5, 5.41) is 3.61. The van der Waals surface area contributed by atoms with Gasteiger partial charge in [0.25, 0.3) is 5.91 Å². The van der Waals surface area contributed by atoms with Gasteiger partial charge >= 0.3 is 0 Å². The van der Waals surface area contributed by atoms with Gasteiger partial charge in [0.2, 0.25) is 0 Å². The van der Waals surface area contributed by atoms with Crippen LogP contribution in [0.3, 0.4) is 0 Å². The van der Waals surface area contributed by atoms with E-state index in [1.54, 1.807) is 5.38 Å². The molecular formula is C10H13NOSSi. The molecule has 0 unspecified atom stereocenters. The highest BCUT2D eigenvalue weighted by Gasteiger charge is 2.10. The lowest BCUT2D eigenvalue weighted by molar-refractivity contribution is 0.100. The van der Waals surface area contributed by atoms with Crippen molar-refractivity contribution in [2.45, 2.75) is 19.6 Å². The van der Waals surface area contributed by atoms with Crippen molar-refractivity contribution in [1.29, 1.82) is 0 Å². The van der Waals surface area contributed by atoms with E-state index < -0.39 is 14.0 Å². The number of primary amides is 1. The van der Waals surface area contributed by atoms with Gasteiger partial charge in [-0.3, -0.25) is 4.79 Å². The molecule has 14 heavy (non-hydrogen) atoms. The average molecular weight is 223 g/mol. The fraction of sp³-hybridized carbons (Fsp3) is 0.300. The molecule has 2 N–H and O–H groups in total. The van der Waals surface area contributed by atoms with E-state index in [1.165, 1.54) is 11.3 Å². The van der Waals surface area contributed by atoms with Crippen molar-refractivity contribution in [1.82, 2.24) is 0 Å². The summed E-state index contributed by atoms with van der Waals surface area (Å²) in [6.45, 7) is 6.49. The predicted octanol–water partition coefficient (Wildman–Crippen LogP) is 2.08. The summed E-state index contributed by atoms with van der Waals surface area (Å²) < 4.78 is 0. The largest absolute Gasteiger partial charge is 0.366 e. The van der Waals surface area contributed by atoms with Gasteiger partial charge in [0.1, 0.15) is 8.07 Å². The van der Waals surface area contributed by atoms with E-state index in [0.29, 0.717) is 5.56 Å². The van der Waals surface area contributed by atoms with Gasteiger partial charge in [-0.2, -0.15) is 11.3 Å². The van der Waals surface area contributed by atoms with E-state index in [4.69, 9.17) is 5.73 Å². The van der Waals surface area contributed by atoms with E-state index in [0.717, 1.165) is 5.56 Å². The van der Waals surface area contributed by atoms with Crippen LogP contribution in [0.15, 0.2) is 10.8 Å². The molecule has 0 saturated heterocycles. The molecule has 0 atom stereocenters. The van der Waals surface area contributed by atoms with Crippen LogP contribution in [0.1, 0.15) is 15.9 Å². The second kappa shape index (κ2) is 3.99. The van der Waals surface area contributed by atoms with Crippen molar-refractivity contribution >= 4 is 25.3 Å². The van der Waals surface area contributed by atoms with Crippen molar-refractivity contribution in [3.05, 3.63) is 21.9 Å². The lowest BCUT2D eigenvalue weighted by Gasteiger charge is -2.03. The maximum atomic E-state index is 11.0. The molecule has 74 valence electrons. The molecule has 1 aromatic heterocycles. The Morgan fingerprint density at radius 3 is 2.57 bits per heavy atom. The first-order chi connectivity index (χ1) is 6.40. The van der Waals surface area contributed by atoms with E-state index in [-0.39, 0.29) is 0 Å². The summed E-state index contributed by atoms with van der Waals surface area (Å²) in [4.78, 5) is 11.0. The van der Waals surface area contributed by atoms with Crippen molar-refractivity contribution in [2.24, 2.45) is 5.73 Å². The molecule has 0 aromatic carbocycles. The smallest absolute Gasteiger partial charge is 0.250 e. The second-order valence-electron chi connectivity index (χ2n) is 4.06. The summed E-state index contributed by atoms with van der Waals surface area (Å²) in [5.74, 6) is 2.64. The minimum absolute atomic E-state index is 0.397. The van der Waals surface area contributed by atoms with Crippen LogP contribution in [0.25, 0.3) is 0 Å². The summed E-state index contributed by atoms with van der Waals surface area (Å²) in [7, 11) is -1.38. The van der Waals surface area contributed by atoms with Crippen molar-refractivity contribution < 1.29 is 4.79 Å². The quantitative estimate of drug-likeness (QED) is 0.575. The van der Waals surface area contributed by atoms with Crippen LogP contribution in [0.5, 0.6) is 0 Å². The number of hydrogen-bond donors (Lipinski definition) is 1. The summed E-state index contributed by atoms with van der Waals surface area (Å²) in [6, 6.07) is 0. The Morgan fingerprint density at radius 2 is 2.07 bits per heavy atom. The van der Waals surface area contributed by atoms with E-state index >= 15 is 0 Å². The van der Waals surface area contributed by atoms with Crippen molar-refractivity contribution in [3.63, 3.8) is 0 Å².